The second-order valence-corrected chi connectivity index (χ2v) is 4.64. The number of aryl methyl sites for hydroxylation is 2. The van der Waals surface area contributed by atoms with E-state index in [9.17, 15) is 14.4 Å². The summed E-state index contributed by atoms with van der Waals surface area (Å²) in [5.74, 6) is -1.47. The minimum Gasteiger partial charge on any atom is -0.480 e. The van der Waals surface area contributed by atoms with E-state index in [-0.39, 0.29) is 12.2 Å². The van der Waals surface area contributed by atoms with Gasteiger partial charge in [-0.05, 0) is 36.5 Å². The van der Waals surface area contributed by atoms with Crippen molar-refractivity contribution >= 4 is 18.2 Å². The van der Waals surface area contributed by atoms with Crippen LogP contribution in [0.5, 0.6) is 0 Å². The Morgan fingerprint density at radius 3 is 2.74 bits per heavy atom. The number of benzene rings is 1. The number of hydrogen-bond acceptors (Lipinski definition) is 3. The van der Waals surface area contributed by atoms with Crippen LogP contribution >= 0.6 is 0 Å². The number of fused-ring (bicyclic) bond motifs is 1. The van der Waals surface area contributed by atoms with Gasteiger partial charge in [-0.25, -0.2) is 4.79 Å². The van der Waals surface area contributed by atoms with E-state index in [0.717, 1.165) is 19.3 Å². The Labute approximate surface area is 110 Å². The molecule has 0 aromatic heterocycles. The fourth-order valence-electron chi connectivity index (χ4n) is 2.35. The minimum atomic E-state index is -1.21. The highest BCUT2D eigenvalue weighted by Gasteiger charge is 2.22. The molecule has 1 aromatic rings. The third kappa shape index (κ3) is 2.99. The maximum absolute atomic E-state index is 12.0. The molecular weight excluding hydrogens is 246 g/mol. The van der Waals surface area contributed by atoms with E-state index >= 15 is 0 Å². The number of hydrogen-bond donors (Lipinski definition) is 2. The van der Waals surface area contributed by atoms with Crippen molar-refractivity contribution in [1.82, 2.24) is 5.32 Å². The van der Waals surface area contributed by atoms with E-state index in [4.69, 9.17) is 5.11 Å². The van der Waals surface area contributed by atoms with Crippen LogP contribution < -0.4 is 5.32 Å². The molecule has 100 valence electrons. The van der Waals surface area contributed by atoms with Crippen LogP contribution in [0.15, 0.2) is 18.2 Å². The molecule has 19 heavy (non-hydrogen) atoms. The Morgan fingerprint density at radius 1 is 1.32 bits per heavy atom. The normalized spacial score (nSPS) is 14.5. The Bertz CT molecular complexity index is 524. The summed E-state index contributed by atoms with van der Waals surface area (Å²) < 4.78 is 0. The van der Waals surface area contributed by atoms with E-state index in [1.54, 1.807) is 6.07 Å². The predicted molar refractivity (Wildman–Crippen MR) is 68.0 cm³/mol. The summed E-state index contributed by atoms with van der Waals surface area (Å²) in [6, 6.07) is 4.33. The maximum Gasteiger partial charge on any atom is 0.326 e. The number of rotatable bonds is 6. The predicted octanol–water partition coefficient (Wildman–Crippen LogP) is 0.947. The van der Waals surface area contributed by atoms with Crippen molar-refractivity contribution in [1.29, 1.82) is 0 Å². The minimum absolute atomic E-state index is 0.229. The molecule has 0 saturated heterocycles. The highest BCUT2D eigenvalue weighted by Crippen LogP contribution is 2.23. The molecule has 0 aliphatic heterocycles. The van der Waals surface area contributed by atoms with Crippen LogP contribution in [0.1, 0.15) is 34.3 Å². The monoisotopic (exact) mass is 261 g/mol. The summed E-state index contributed by atoms with van der Waals surface area (Å²) in [4.78, 5) is 33.2. The zero-order valence-electron chi connectivity index (χ0n) is 10.4. The van der Waals surface area contributed by atoms with Crippen LogP contribution in [0.2, 0.25) is 0 Å². The zero-order chi connectivity index (χ0) is 13.8. The second kappa shape index (κ2) is 5.65. The quantitative estimate of drug-likeness (QED) is 0.590. The van der Waals surface area contributed by atoms with Crippen molar-refractivity contribution in [2.24, 2.45) is 0 Å². The van der Waals surface area contributed by atoms with Gasteiger partial charge in [-0.3, -0.25) is 9.59 Å². The summed E-state index contributed by atoms with van der Waals surface area (Å²) in [7, 11) is 0. The Balaban J connectivity index is 2.11. The van der Waals surface area contributed by atoms with Gasteiger partial charge < -0.3 is 10.4 Å². The molecule has 1 aliphatic rings. The molecule has 2 N–H and O–H groups in total. The fourth-order valence-corrected chi connectivity index (χ4v) is 2.35. The zero-order valence-corrected chi connectivity index (χ0v) is 10.4. The summed E-state index contributed by atoms with van der Waals surface area (Å²) in [6.07, 6.45) is 3.17. The number of carbonyl (C=O) groups excluding carboxylic acids is 2. The summed E-state index contributed by atoms with van der Waals surface area (Å²) in [5.41, 5.74) is 2.94. The average Bonchev–Trinajstić information content (AvgIpc) is 2.85. The van der Waals surface area contributed by atoms with Gasteiger partial charge in [0.1, 0.15) is 6.04 Å². The fraction of sp³-hybridized carbons (Fsp3) is 0.357. The number of aliphatic carboxylic acids is 1. The summed E-state index contributed by atoms with van der Waals surface area (Å²) in [6.45, 7) is 0. The van der Waals surface area contributed by atoms with Gasteiger partial charge in [-0.1, -0.05) is 12.1 Å². The third-order valence-corrected chi connectivity index (χ3v) is 3.38. The standard InChI is InChI=1S/C14H15NO4/c16-8-15-12(14(18)19)7-13(17)11-5-4-9-2-1-3-10(9)6-11/h4-6,8,12H,1-3,7H2,(H,15,16)(H,18,19). The molecule has 0 heterocycles. The number of nitrogens with one attached hydrogen (secondary N) is 1. The van der Waals surface area contributed by atoms with E-state index < -0.39 is 12.0 Å². The summed E-state index contributed by atoms with van der Waals surface area (Å²) >= 11 is 0. The van der Waals surface area contributed by atoms with E-state index in [0.29, 0.717) is 12.0 Å². The number of amides is 1. The Hall–Kier alpha value is -2.17. The number of carbonyl (C=O) groups is 3. The van der Waals surface area contributed by atoms with Gasteiger partial charge in [-0.2, -0.15) is 0 Å². The van der Waals surface area contributed by atoms with Gasteiger partial charge in [0.2, 0.25) is 6.41 Å². The molecule has 5 heteroatoms. The molecule has 0 saturated carbocycles. The Morgan fingerprint density at radius 2 is 2.05 bits per heavy atom. The lowest BCUT2D eigenvalue weighted by atomic mass is 10.00. The lowest BCUT2D eigenvalue weighted by Gasteiger charge is -2.10. The van der Waals surface area contributed by atoms with Gasteiger partial charge in [0.15, 0.2) is 5.78 Å². The van der Waals surface area contributed by atoms with E-state index in [2.05, 4.69) is 5.32 Å². The second-order valence-electron chi connectivity index (χ2n) is 4.64. The largest absolute Gasteiger partial charge is 0.480 e. The molecule has 0 bridgehead atoms. The molecule has 1 atom stereocenters. The smallest absolute Gasteiger partial charge is 0.326 e. The number of carboxylic acids is 1. The topological polar surface area (TPSA) is 83.5 Å². The molecule has 0 radical (unpaired) electrons. The summed E-state index contributed by atoms with van der Waals surface area (Å²) in [5, 5.41) is 11.0. The van der Waals surface area contributed by atoms with Crippen LogP contribution in [0.3, 0.4) is 0 Å². The molecular formula is C14H15NO4. The van der Waals surface area contributed by atoms with Crippen LogP contribution in [0, 0.1) is 0 Å². The number of Topliss-reactive ketones (excluding diaryl/α,β-unsaturated/α-hetero) is 1. The van der Waals surface area contributed by atoms with Crippen molar-refractivity contribution in [2.45, 2.75) is 31.7 Å². The maximum atomic E-state index is 12.0. The van der Waals surface area contributed by atoms with Gasteiger partial charge in [-0.15, -0.1) is 0 Å². The Kier molecular flexibility index (Phi) is 3.94. The van der Waals surface area contributed by atoms with Gasteiger partial charge >= 0.3 is 5.97 Å². The van der Waals surface area contributed by atoms with Crippen molar-refractivity contribution in [3.8, 4) is 0 Å². The molecule has 5 nitrogen and oxygen atoms in total. The lowest BCUT2D eigenvalue weighted by molar-refractivity contribution is -0.140. The molecule has 0 spiro atoms. The highest BCUT2D eigenvalue weighted by molar-refractivity contribution is 5.99. The first kappa shape index (κ1) is 13.3. The van der Waals surface area contributed by atoms with E-state index in [1.807, 2.05) is 12.1 Å². The van der Waals surface area contributed by atoms with Crippen LogP contribution in [-0.4, -0.2) is 29.3 Å². The van der Waals surface area contributed by atoms with Crippen molar-refractivity contribution in [3.05, 3.63) is 34.9 Å². The van der Waals surface area contributed by atoms with Crippen molar-refractivity contribution < 1.29 is 19.5 Å². The van der Waals surface area contributed by atoms with Crippen molar-refractivity contribution in [2.75, 3.05) is 0 Å². The molecule has 1 aliphatic carbocycles. The number of ketones is 1. The SMILES string of the molecule is O=CNC(CC(=O)c1ccc2c(c1)CCC2)C(=O)O. The molecule has 2 rings (SSSR count). The van der Waals surface area contributed by atoms with E-state index in [1.165, 1.54) is 11.1 Å². The molecule has 1 amide bonds. The molecule has 0 fully saturated rings. The van der Waals surface area contributed by atoms with Crippen LogP contribution in [-0.2, 0) is 22.4 Å². The molecule has 1 aromatic carbocycles. The lowest BCUT2D eigenvalue weighted by Crippen LogP contribution is -2.37. The molecule has 1 unspecified atom stereocenters. The van der Waals surface area contributed by atoms with Gasteiger partial charge in [0.05, 0.1) is 0 Å². The first-order valence-corrected chi connectivity index (χ1v) is 6.19. The first-order chi connectivity index (χ1) is 9.11. The van der Waals surface area contributed by atoms with Gasteiger partial charge in [0.25, 0.3) is 0 Å². The van der Waals surface area contributed by atoms with Crippen LogP contribution in [0.4, 0.5) is 0 Å². The average molecular weight is 261 g/mol. The van der Waals surface area contributed by atoms with Gasteiger partial charge in [0, 0.05) is 12.0 Å². The van der Waals surface area contributed by atoms with Crippen LogP contribution in [0.25, 0.3) is 0 Å². The first-order valence-electron chi connectivity index (χ1n) is 6.19. The highest BCUT2D eigenvalue weighted by atomic mass is 16.4. The van der Waals surface area contributed by atoms with Crippen molar-refractivity contribution in [3.63, 3.8) is 0 Å². The number of carboxylic acid groups (broad SMARTS) is 1. The third-order valence-electron chi connectivity index (χ3n) is 3.38.